The van der Waals surface area contributed by atoms with Crippen molar-refractivity contribution in [1.29, 1.82) is 0 Å². The lowest BCUT2D eigenvalue weighted by molar-refractivity contribution is -0.126. The topological polar surface area (TPSA) is 72.9 Å². The van der Waals surface area contributed by atoms with Gasteiger partial charge in [0.2, 0.25) is 0 Å². The second kappa shape index (κ2) is 10.3. The molecule has 6 nitrogen and oxygen atoms in total. The van der Waals surface area contributed by atoms with E-state index in [2.05, 4.69) is 0 Å². The average Bonchev–Trinajstić information content (AvgIpc) is 3.12. The molecule has 1 aliphatic heterocycles. The summed E-state index contributed by atoms with van der Waals surface area (Å²) in [5, 5.41) is -0.462. The van der Waals surface area contributed by atoms with Crippen molar-refractivity contribution >= 4 is 30.5 Å². The Balaban J connectivity index is 1.54. The second-order valence-corrected chi connectivity index (χ2v) is 10.7. The van der Waals surface area contributed by atoms with Crippen LogP contribution >= 0.6 is 19.4 Å². The van der Waals surface area contributed by atoms with Crippen LogP contribution in [0.2, 0.25) is 0 Å². The summed E-state index contributed by atoms with van der Waals surface area (Å²) in [4.78, 5) is 25.6. The number of benzene rings is 3. The highest BCUT2D eigenvalue weighted by molar-refractivity contribution is 8.19. The summed E-state index contributed by atoms with van der Waals surface area (Å²) in [5.74, 6) is -0.562. The number of rotatable bonds is 9. The van der Waals surface area contributed by atoms with Crippen molar-refractivity contribution in [2.75, 3.05) is 0 Å². The van der Waals surface area contributed by atoms with Gasteiger partial charge < -0.3 is 9.05 Å². The van der Waals surface area contributed by atoms with Gasteiger partial charge in [0.15, 0.2) is 4.99 Å². The minimum Gasteiger partial charge on any atom is -0.303 e. The van der Waals surface area contributed by atoms with Gasteiger partial charge in [-0.1, -0.05) is 91.0 Å². The van der Waals surface area contributed by atoms with Crippen LogP contribution in [0.5, 0.6) is 0 Å². The molecule has 0 bridgehead atoms. The molecule has 0 aliphatic carbocycles. The molecule has 0 aromatic heterocycles. The molecule has 164 valence electrons. The summed E-state index contributed by atoms with van der Waals surface area (Å²) in [6.45, 7) is 0.119. The van der Waals surface area contributed by atoms with Crippen LogP contribution < -0.4 is 0 Å². The zero-order chi connectivity index (χ0) is 22.4. The number of hydrogen-bond donors (Lipinski definition) is 0. The van der Waals surface area contributed by atoms with Gasteiger partial charge >= 0.3 is 7.60 Å². The van der Waals surface area contributed by atoms with Crippen LogP contribution in [0.4, 0.5) is 4.79 Å². The fourth-order valence-corrected chi connectivity index (χ4v) is 6.46. The predicted molar refractivity (Wildman–Crippen MR) is 124 cm³/mol. The molecule has 3 aromatic carbocycles. The summed E-state index contributed by atoms with van der Waals surface area (Å²) in [6.07, 6.45) is 0. The van der Waals surface area contributed by atoms with Crippen molar-refractivity contribution in [1.82, 2.24) is 4.90 Å². The first-order valence-electron chi connectivity index (χ1n) is 10.1. The van der Waals surface area contributed by atoms with Crippen molar-refractivity contribution < 1.29 is 23.2 Å². The SMILES string of the molecule is O=C1SC(P(=O)(OCc2ccccc2)OCc2ccccc2)C(=O)N1Cc1ccccc1. The standard InChI is InChI=1S/C24H22NO5PS/c26-22-23(32-24(27)25(22)16-19-10-4-1-5-11-19)31(28,29-17-20-12-6-2-7-13-20)30-18-21-14-8-3-9-15-21/h1-15,23H,16-18H2. The lowest BCUT2D eigenvalue weighted by Crippen LogP contribution is -2.31. The highest BCUT2D eigenvalue weighted by atomic mass is 32.2. The Labute approximate surface area is 191 Å². The summed E-state index contributed by atoms with van der Waals surface area (Å²) < 4.78 is 25.4. The number of nitrogens with zero attached hydrogens (tertiary/aromatic N) is 1. The lowest BCUT2D eigenvalue weighted by atomic mass is 10.2. The first-order valence-corrected chi connectivity index (χ1v) is 12.6. The van der Waals surface area contributed by atoms with E-state index in [-0.39, 0.29) is 19.8 Å². The van der Waals surface area contributed by atoms with Crippen molar-refractivity contribution in [3.05, 3.63) is 108 Å². The summed E-state index contributed by atoms with van der Waals surface area (Å²) in [6, 6.07) is 27.6. The maximum Gasteiger partial charge on any atom is 0.354 e. The maximum atomic E-state index is 13.9. The quantitative estimate of drug-likeness (QED) is 0.369. The average molecular weight is 467 g/mol. The molecule has 1 fully saturated rings. The predicted octanol–water partition coefficient (Wildman–Crippen LogP) is 5.83. The van der Waals surface area contributed by atoms with Crippen LogP contribution in [0.3, 0.4) is 0 Å². The Morgan fingerprint density at radius 3 is 1.62 bits per heavy atom. The molecule has 0 radical (unpaired) electrons. The third-order valence-electron chi connectivity index (χ3n) is 4.89. The van der Waals surface area contributed by atoms with E-state index in [0.717, 1.165) is 21.6 Å². The lowest BCUT2D eigenvalue weighted by Gasteiger charge is -2.22. The third kappa shape index (κ3) is 5.37. The molecule has 8 heteroatoms. The number of hydrogen-bond acceptors (Lipinski definition) is 6. The molecule has 0 N–H and O–H groups in total. The fraction of sp³-hybridized carbons (Fsp3) is 0.167. The monoisotopic (exact) mass is 467 g/mol. The molecule has 1 saturated heterocycles. The maximum absolute atomic E-state index is 13.9. The van der Waals surface area contributed by atoms with Crippen molar-refractivity contribution in [2.45, 2.75) is 24.7 Å². The van der Waals surface area contributed by atoms with Gasteiger partial charge in [-0.2, -0.15) is 0 Å². The Bertz CT molecular complexity index is 1060. The van der Waals surface area contributed by atoms with E-state index in [9.17, 15) is 14.2 Å². The summed E-state index contributed by atoms with van der Waals surface area (Å²) in [5.41, 5.74) is 2.39. The molecule has 4 rings (SSSR count). The van der Waals surface area contributed by atoms with E-state index in [1.807, 2.05) is 91.0 Å². The van der Waals surface area contributed by atoms with Gasteiger partial charge in [-0.05, 0) is 28.5 Å². The van der Waals surface area contributed by atoms with Gasteiger partial charge in [0.25, 0.3) is 11.1 Å². The first-order chi connectivity index (χ1) is 15.5. The first kappa shape index (κ1) is 22.5. The van der Waals surface area contributed by atoms with Gasteiger partial charge in [0.05, 0.1) is 19.8 Å². The molecule has 0 saturated carbocycles. The highest BCUT2D eigenvalue weighted by Gasteiger charge is 2.52. The van der Waals surface area contributed by atoms with Crippen LogP contribution in [-0.2, 0) is 38.2 Å². The second-order valence-electron chi connectivity index (χ2n) is 7.20. The molecule has 1 atom stereocenters. The van der Waals surface area contributed by atoms with Gasteiger partial charge in [0, 0.05) is 0 Å². The fourth-order valence-electron chi connectivity index (χ4n) is 3.19. The van der Waals surface area contributed by atoms with E-state index < -0.39 is 23.7 Å². The Kier molecular flexibility index (Phi) is 7.22. The Morgan fingerprint density at radius 1 is 0.719 bits per heavy atom. The molecule has 1 aliphatic rings. The number of amides is 2. The Morgan fingerprint density at radius 2 is 1.16 bits per heavy atom. The van der Waals surface area contributed by atoms with E-state index in [1.54, 1.807) is 0 Å². The summed E-state index contributed by atoms with van der Waals surface area (Å²) >= 11 is 0.703. The molecule has 32 heavy (non-hydrogen) atoms. The molecule has 3 aromatic rings. The van der Waals surface area contributed by atoms with Gasteiger partial charge in [-0.25, -0.2) is 0 Å². The molecule has 1 unspecified atom stereocenters. The van der Waals surface area contributed by atoms with E-state index >= 15 is 0 Å². The van der Waals surface area contributed by atoms with Crippen molar-refractivity contribution in [3.63, 3.8) is 0 Å². The van der Waals surface area contributed by atoms with Crippen LogP contribution in [0.15, 0.2) is 91.0 Å². The van der Waals surface area contributed by atoms with Crippen LogP contribution in [0.1, 0.15) is 16.7 Å². The highest BCUT2D eigenvalue weighted by Crippen LogP contribution is 2.61. The van der Waals surface area contributed by atoms with Crippen LogP contribution in [0.25, 0.3) is 0 Å². The van der Waals surface area contributed by atoms with Crippen molar-refractivity contribution in [2.24, 2.45) is 0 Å². The molecule has 0 spiro atoms. The zero-order valence-electron chi connectivity index (χ0n) is 17.2. The minimum absolute atomic E-state index is 0.00409. The van der Waals surface area contributed by atoms with E-state index in [4.69, 9.17) is 9.05 Å². The van der Waals surface area contributed by atoms with Gasteiger partial charge in [-0.15, -0.1) is 0 Å². The van der Waals surface area contributed by atoms with Crippen molar-refractivity contribution in [3.8, 4) is 0 Å². The molecule has 1 heterocycles. The number of imide groups is 1. The zero-order valence-corrected chi connectivity index (χ0v) is 18.9. The number of thioether (sulfide) groups is 1. The smallest absolute Gasteiger partial charge is 0.303 e. The van der Waals surface area contributed by atoms with Crippen LogP contribution in [0, 0.1) is 0 Å². The van der Waals surface area contributed by atoms with E-state index in [1.165, 1.54) is 0 Å². The minimum atomic E-state index is -3.98. The summed E-state index contributed by atoms with van der Waals surface area (Å²) in [7, 11) is -3.98. The molecular weight excluding hydrogens is 445 g/mol. The van der Waals surface area contributed by atoms with Crippen LogP contribution in [-0.4, -0.2) is 21.0 Å². The number of carbonyl (C=O) groups excluding carboxylic acids is 2. The Hall–Kier alpha value is -2.70. The largest absolute Gasteiger partial charge is 0.354 e. The normalized spacial score (nSPS) is 16.5. The van der Waals surface area contributed by atoms with Gasteiger partial charge in [-0.3, -0.25) is 19.1 Å². The third-order valence-corrected chi connectivity index (χ3v) is 8.60. The molecule has 2 amide bonds. The number of carbonyl (C=O) groups is 2. The molecular formula is C24H22NO5PS. The van der Waals surface area contributed by atoms with Gasteiger partial charge in [0.1, 0.15) is 0 Å². The van der Waals surface area contributed by atoms with E-state index in [0.29, 0.717) is 11.8 Å².